The molecule has 10 nitrogen and oxygen atoms in total. The van der Waals surface area contributed by atoms with Gasteiger partial charge in [-0.1, -0.05) is 27.7 Å². The molecule has 0 radical (unpaired) electrons. The molecule has 2 heterocycles. The molecule has 4 aliphatic rings. The number of anilines is 1. The van der Waals surface area contributed by atoms with Crippen molar-refractivity contribution in [2.45, 2.75) is 77.1 Å². The summed E-state index contributed by atoms with van der Waals surface area (Å²) in [5, 5.41) is 17.6. The van der Waals surface area contributed by atoms with Gasteiger partial charge >= 0.3 is 0 Å². The van der Waals surface area contributed by atoms with Crippen molar-refractivity contribution in [3.8, 4) is 11.8 Å². The van der Waals surface area contributed by atoms with Gasteiger partial charge in [0.15, 0.2) is 6.10 Å². The zero-order valence-corrected chi connectivity index (χ0v) is 23.7. The number of ether oxygens (including phenoxy) is 1. The van der Waals surface area contributed by atoms with Gasteiger partial charge in [0, 0.05) is 37.8 Å². The lowest BCUT2D eigenvalue weighted by Gasteiger charge is -2.37. The van der Waals surface area contributed by atoms with Gasteiger partial charge < -0.3 is 25.6 Å². The molecule has 0 aromatic heterocycles. The molecule has 6 atom stereocenters. The Morgan fingerprint density at radius 2 is 1.88 bits per heavy atom. The monoisotopic (exact) mass is 589 g/mol. The number of benzene rings is 1. The SMILES string of the molecule is CC(C)[C@H](NC(=O)C1CC(F)(F)C1)C(=O)N1C[C@H]2[C@@H]([C@H]1C(=O)N[C@H](C#N)C[C@@H]1Oc3ccc(F)cc3NC1=O)C2(C)C. The summed E-state index contributed by atoms with van der Waals surface area (Å²) in [5.74, 6) is -6.89. The van der Waals surface area contributed by atoms with Crippen LogP contribution in [0.3, 0.4) is 0 Å². The average molecular weight is 590 g/mol. The van der Waals surface area contributed by atoms with Crippen molar-refractivity contribution in [2.75, 3.05) is 11.9 Å². The van der Waals surface area contributed by atoms with Gasteiger partial charge in [0.2, 0.25) is 23.6 Å². The fourth-order valence-corrected chi connectivity index (χ4v) is 6.52. The van der Waals surface area contributed by atoms with E-state index in [0.29, 0.717) is 0 Å². The summed E-state index contributed by atoms with van der Waals surface area (Å²) < 4.78 is 45.8. The second-order valence-electron chi connectivity index (χ2n) is 12.7. The van der Waals surface area contributed by atoms with E-state index in [1.165, 1.54) is 17.0 Å². The number of carbonyl (C=O) groups is 4. The number of likely N-dealkylation sites (tertiary alicyclic amines) is 1. The Balaban J connectivity index is 1.27. The molecule has 3 fully saturated rings. The summed E-state index contributed by atoms with van der Waals surface area (Å²) in [5.41, 5.74) is -0.0749. The van der Waals surface area contributed by atoms with E-state index in [2.05, 4.69) is 16.0 Å². The van der Waals surface area contributed by atoms with E-state index in [0.717, 1.165) is 6.07 Å². The van der Waals surface area contributed by atoms with Crippen LogP contribution in [0.15, 0.2) is 18.2 Å². The largest absolute Gasteiger partial charge is 0.478 e. The van der Waals surface area contributed by atoms with E-state index < -0.39 is 78.4 Å². The zero-order chi connectivity index (χ0) is 30.7. The van der Waals surface area contributed by atoms with E-state index >= 15 is 0 Å². The summed E-state index contributed by atoms with van der Waals surface area (Å²) in [4.78, 5) is 54.0. The van der Waals surface area contributed by atoms with E-state index in [9.17, 15) is 37.6 Å². The number of carbonyl (C=O) groups excluding carboxylic acids is 4. The number of amides is 4. The number of halogens is 3. The Kier molecular flexibility index (Phi) is 7.39. The molecule has 4 amide bonds. The van der Waals surface area contributed by atoms with Crippen molar-refractivity contribution < 1.29 is 37.1 Å². The molecule has 226 valence electrons. The second-order valence-corrected chi connectivity index (χ2v) is 12.7. The maximum Gasteiger partial charge on any atom is 0.265 e. The standard InChI is InChI=1S/C29H34F3N5O5/c1-13(2)22(36-24(38)14-9-29(31,32)10-14)27(41)37-12-17-21(28(17,3)4)23(37)26(40)34-16(11-33)8-20-25(39)35-18-7-15(30)5-6-19(18)42-20/h5-7,13-14,16-17,20-23H,8-10,12H2,1-4H3,(H,34,40)(H,35,39)(H,36,38)/t16-,17-,20-,21-,22-,23-/m0/s1. The van der Waals surface area contributed by atoms with Crippen LogP contribution in [0.5, 0.6) is 5.75 Å². The van der Waals surface area contributed by atoms with Crippen LogP contribution in [0.25, 0.3) is 0 Å². The van der Waals surface area contributed by atoms with Crippen LogP contribution in [-0.2, 0) is 19.2 Å². The summed E-state index contributed by atoms with van der Waals surface area (Å²) >= 11 is 0. The van der Waals surface area contributed by atoms with E-state index in [-0.39, 0.29) is 47.6 Å². The third kappa shape index (κ3) is 5.39. The Morgan fingerprint density at radius 3 is 2.50 bits per heavy atom. The normalized spacial score (nSPS) is 28.2. The molecule has 2 aliphatic carbocycles. The number of hydrogen-bond acceptors (Lipinski definition) is 6. The van der Waals surface area contributed by atoms with Crippen LogP contribution in [0.1, 0.15) is 47.0 Å². The highest BCUT2D eigenvalue weighted by atomic mass is 19.3. The Hall–Kier alpha value is -3.82. The Bertz CT molecular complexity index is 1350. The van der Waals surface area contributed by atoms with Crippen LogP contribution in [0.2, 0.25) is 0 Å². The molecule has 0 unspecified atom stereocenters. The van der Waals surface area contributed by atoms with E-state index in [1.54, 1.807) is 13.8 Å². The second kappa shape index (κ2) is 10.5. The summed E-state index contributed by atoms with van der Waals surface area (Å²) in [6.07, 6.45) is -2.45. The van der Waals surface area contributed by atoms with Gasteiger partial charge in [-0.25, -0.2) is 13.2 Å². The number of nitrogens with one attached hydrogen (secondary N) is 3. The molecule has 0 bridgehead atoms. The minimum absolute atomic E-state index is 0.0240. The van der Waals surface area contributed by atoms with E-state index in [4.69, 9.17) is 4.74 Å². The molecule has 0 spiro atoms. The lowest BCUT2D eigenvalue weighted by Crippen LogP contribution is -2.59. The summed E-state index contributed by atoms with van der Waals surface area (Å²) in [6, 6.07) is 2.53. The van der Waals surface area contributed by atoms with Gasteiger partial charge in [0.1, 0.15) is 29.7 Å². The van der Waals surface area contributed by atoms with E-state index in [1.807, 2.05) is 19.9 Å². The first kappa shape index (κ1) is 29.7. The predicted molar refractivity (Wildman–Crippen MR) is 142 cm³/mol. The topological polar surface area (TPSA) is 141 Å². The predicted octanol–water partition coefficient (Wildman–Crippen LogP) is 2.59. The highest BCUT2D eigenvalue weighted by Crippen LogP contribution is 2.65. The summed E-state index contributed by atoms with van der Waals surface area (Å²) in [6.45, 7) is 7.70. The first-order valence-electron chi connectivity index (χ1n) is 14.1. The average Bonchev–Trinajstić information content (AvgIpc) is 3.21. The van der Waals surface area contributed by atoms with Crippen molar-refractivity contribution in [1.29, 1.82) is 5.26 Å². The molecule has 13 heteroatoms. The van der Waals surface area contributed by atoms with Gasteiger partial charge in [-0.15, -0.1) is 0 Å². The molecule has 5 rings (SSSR count). The molecule has 1 saturated heterocycles. The Morgan fingerprint density at radius 1 is 1.19 bits per heavy atom. The molecule has 2 aliphatic heterocycles. The number of alkyl halides is 2. The molecule has 1 aromatic carbocycles. The Labute approximate surface area is 241 Å². The number of hydrogen-bond donors (Lipinski definition) is 3. The third-order valence-corrected chi connectivity index (χ3v) is 9.13. The fraction of sp³-hybridized carbons (Fsp3) is 0.621. The van der Waals surface area contributed by atoms with Gasteiger partial charge in [-0.3, -0.25) is 19.2 Å². The highest BCUT2D eigenvalue weighted by molar-refractivity contribution is 5.98. The van der Waals surface area contributed by atoms with Gasteiger partial charge in [-0.05, 0) is 35.3 Å². The minimum Gasteiger partial charge on any atom is -0.478 e. The number of nitrogens with zero attached hydrogens (tertiary/aromatic N) is 2. The third-order valence-electron chi connectivity index (χ3n) is 9.13. The lowest BCUT2D eigenvalue weighted by molar-refractivity contribution is -0.154. The van der Waals surface area contributed by atoms with Crippen LogP contribution in [0, 0.1) is 46.2 Å². The van der Waals surface area contributed by atoms with Gasteiger partial charge in [0.25, 0.3) is 5.91 Å². The van der Waals surface area contributed by atoms with Gasteiger partial charge in [-0.2, -0.15) is 5.26 Å². The number of piperidine rings is 1. The first-order chi connectivity index (χ1) is 19.6. The lowest BCUT2D eigenvalue weighted by atomic mass is 9.80. The van der Waals surface area contributed by atoms with Crippen molar-refractivity contribution >= 4 is 29.3 Å². The summed E-state index contributed by atoms with van der Waals surface area (Å²) in [7, 11) is 0. The number of nitriles is 1. The van der Waals surface area contributed by atoms with Crippen molar-refractivity contribution in [3.05, 3.63) is 24.0 Å². The van der Waals surface area contributed by atoms with Crippen molar-refractivity contribution in [3.63, 3.8) is 0 Å². The fourth-order valence-electron chi connectivity index (χ4n) is 6.52. The van der Waals surface area contributed by atoms with Crippen LogP contribution in [0.4, 0.5) is 18.9 Å². The maximum absolute atomic E-state index is 13.7. The molecular weight excluding hydrogens is 555 g/mol. The van der Waals surface area contributed by atoms with Crippen LogP contribution in [-0.4, -0.2) is 65.2 Å². The number of fused-ring (bicyclic) bond motifs is 2. The molecule has 3 N–H and O–H groups in total. The smallest absolute Gasteiger partial charge is 0.265 e. The molecule has 1 aromatic rings. The molecule has 42 heavy (non-hydrogen) atoms. The quantitative estimate of drug-likeness (QED) is 0.426. The minimum atomic E-state index is -2.88. The van der Waals surface area contributed by atoms with Gasteiger partial charge in [0.05, 0.1) is 11.8 Å². The highest BCUT2D eigenvalue weighted by Gasteiger charge is 2.69. The molecule has 2 saturated carbocycles. The van der Waals surface area contributed by atoms with Crippen molar-refractivity contribution in [1.82, 2.24) is 15.5 Å². The molecular formula is C29H34F3N5O5. The van der Waals surface area contributed by atoms with Crippen LogP contribution >= 0.6 is 0 Å². The zero-order valence-electron chi connectivity index (χ0n) is 23.7. The number of rotatable bonds is 8. The first-order valence-corrected chi connectivity index (χ1v) is 14.1. The maximum atomic E-state index is 13.7. The van der Waals surface area contributed by atoms with Crippen molar-refractivity contribution in [2.24, 2.45) is 29.1 Å². The van der Waals surface area contributed by atoms with Crippen LogP contribution < -0.4 is 20.7 Å².